The van der Waals surface area contributed by atoms with Gasteiger partial charge in [-0.1, -0.05) is 41.9 Å². The van der Waals surface area contributed by atoms with Crippen LogP contribution in [0.3, 0.4) is 0 Å². The molecule has 1 aromatic heterocycles. The number of para-hydroxylation sites is 1. The predicted molar refractivity (Wildman–Crippen MR) is 78.4 cm³/mol. The number of carbonyl (C=O) groups is 1. The van der Waals surface area contributed by atoms with Crippen LogP contribution in [-0.2, 0) is 0 Å². The molecule has 20 heavy (non-hydrogen) atoms. The van der Waals surface area contributed by atoms with Crippen LogP contribution in [0.25, 0.3) is 5.69 Å². The summed E-state index contributed by atoms with van der Waals surface area (Å²) in [5.41, 5.74) is 1.91. The van der Waals surface area contributed by atoms with Crippen molar-refractivity contribution in [2.45, 2.75) is 0 Å². The lowest BCUT2D eigenvalue weighted by atomic mass is 10.1. The van der Waals surface area contributed by atoms with Gasteiger partial charge in [-0.15, -0.1) is 0 Å². The quantitative estimate of drug-likeness (QED) is 0.686. The fourth-order valence-corrected chi connectivity index (χ4v) is 2.22. The number of aromatic nitrogens is 2. The van der Waals surface area contributed by atoms with Crippen LogP contribution >= 0.6 is 11.6 Å². The van der Waals surface area contributed by atoms with Gasteiger partial charge in [0.25, 0.3) is 0 Å². The van der Waals surface area contributed by atoms with Gasteiger partial charge in [-0.3, -0.25) is 4.79 Å². The van der Waals surface area contributed by atoms with Crippen molar-refractivity contribution < 1.29 is 4.79 Å². The molecule has 0 bridgehead atoms. The Morgan fingerprint density at radius 2 is 1.80 bits per heavy atom. The Hall–Kier alpha value is -2.39. The Kier molecular flexibility index (Phi) is 3.35. The van der Waals surface area contributed by atoms with Gasteiger partial charge < -0.3 is 0 Å². The van der Waals surface area contributed by atoms with E-state index in [0.29, 0.717) is 16.3 Å². The molecule has 0 amide bonds. The summed E-state index contributed by atoms with van der Waals surface area (Å²) in [6.07, 6.45) is 1.62. The molecular weight excluding hydrogens is 272 g/mol. The van der Waals surface area contributed by atoms with E-state index in [2.05, 4.69) is 5.10 Å². The zero-order valence-electron chi connectivity index (χ0n) is 10.5. The molecule has 0 saturated heterocycles. The molecule has 3 nitrogen and oxygen atoms in total. The second-order valence-electron chi connectivity index (χ2n) is 4.30. The lowest BCUT2D eigenvalue weighted by molar-refractivity contribution is 0.103. The van der Waals surface area contributed by atoms with Crippen molar-refractivity contribution in [3.05, 3.63) is 83.1 Å². The highest BCUT2D eigenvalue weighted by atomic mass is 35.5. The predicted octanol–water partition coefficient (Wildman–Crippen LogP) is 3.76. The monoisotopic (exact) mass is 282 g/mol. The van der Waals surface area contributed by atoms with Gasteiger partial charge in [0.1, 0.15) is 5.69 Å². The van der Waals surface area contributed by atoms with Crippen molar-refractivity contribution in [2.24, 2.45) is 0 Å². The van der Waals surface area contributed by atoms with Gasteiger partial charge in [0.2, 0.25) is 5.78 Å². The number of hydrogen-bond donors (Lipinski definition) is 0. The van der Waals surface area contributed by atoms with E-state index in [4.69, 9.17) is 11.6 Å². The molecule has 3 aromatic rings. The van der Waals surface area contributed by atoms with E-state index in [1.54, 1.807) is 41.2 Å². The van der Waals surface area contributed by atoms with Crippen molar-refractivity contribution in [3.8, 4) is 5.69 Å². The summed E-state index contributed by atoms with van der Waals surface area (Å²) in [6.45, 7) is 0. The van der Waals surface area contributed by atoms with E-state index < -0.39 is 0 Å². The van der Waals surface area contributed by atoms with Gasteiger partial charge in [0.05, 0.1) is 11.9 Å². The molecule has 0 saturated carbocycles. The maximum atomic E-state index is 12.5. The molecule has 4 heteroatoms. The molecule has 1 heterocycles. The fourth-order valence-electron chi connectivity index (χ4n) is 2.03. The highest BCUT2D eigenvalue weighted by Crippen LogP contribution is 2.17. The number of nitrogens with zero attached hydrogens (tertiary/aromatic N) is 2. The van der Waals surface area contributed by atoms with Gasteiger partial charge in [-0.2, -0.15) is 5.10 Å². The zero-order valence-corrected chi connectivity index (χ0v) is 11.3. The first kappa shape index (κ1) is 12.6. The standard InChI is InChI=1S/C16H11ClN2O/c17-13-6-4-5-12(11-13)16(20)15-9-10-18-19(15)14-7-2-1-3-8-14/h1-11H. The zero-order chi connectivity index (χ0) is 13.9. The number of rotatable bonds is 3. The van der Waals surface area contributed by atoms with E-state index in [9.17, 15) is 4.79 Å². The minimum atomic E-state index is -0.103. The summed E-state index contributed by atoms with van der Waals surface area (Å²) >= 11 is 5.93. The molecule has 0 atom stereocenters. The van der Waals surface area contributed by atoms with E-state index >= 15 is 0 Å². The molecule has 0 unspecified atom stereocenters. The SMILES string of the molecule is O=C(c1cccc(Cl)c1)c1ccnn1-c1ccccc1. The Morgan fingerprint density at radius 1 is 1.00 bits per heavy atom. The van der Waals surface area contributed by atoms with Crippen molar-refractivity contribution >= 4 is 17.4 Å². The molecule has 0 radical (unpaired) electrons. The third kappa shape index (κ3) is 2.36. The summed E-state index contributed by atoms with van der Waals surface area (Å²) in [5, 5.41) is 4.76. The van der Waals surface area contributed by atoms with Crippen LogP contribution in [0.1, 0.15) is 16.1 Å². The van der Waals surface area contributed by atoms with Gasteiger partial charge in [-0.05, 0) is 30.3 Å². The maximum Gasteiger partial charge on any atom is 0.211 e. The maximum absolute atomic E-state index is 12.5. The molecule has 0 aliphatic carbocycles. The average molecular weight is 283 g/mol. The molecule has 0 spiro atoms. The van der Waals surface area contributed by atoms with Crippen LogP contribution < -0.4 is 0 Å². The van der Waals surface area contributed by atoms with Crippen LogP contribution in [0.4, 0.5) is 0 Å². The molecule has 0 fully saturated rings. The van der Waals surface area contributed by atoms with Crippen LogP contribution in [0.5, 0.6) is 0 Å². The van der Waals surface area contributed by atoms with E-state index in [1.165, 1.54) is 0 Å². The third-order valence-corrected chi connectivity index (χ3v) is 3.20. The van der Waals surface area contributed by atoms with Crippen molar-refractivity contribution in [3.63, 3.8) is 0 Å². The second kappa shape index (κ2) is 5.31. The first-order valence-corrected chi connectivity index (χ1v) is 6.53. The fraction of sp³-hybridized carbons (Fsp3) is 0. The van der Waals surface area contributed by atoms with Crippen LogP contribution in [0.15, 0.2) is 66.9 Å². The first-order valence-electron chi connectivity index (χ1n) is 6.15. The number of carbonyl (C=O) groups excluding carboxylic acids is 1. The summed E-state index contributed by atoms with van der Waals surface area (Å²) in [6, 6.07) is 18.2. The van der Waals surface area contributed by atoms with Crippen molar-refractivity contribution in [2.75, 3.05) is 0 Å². The molecule has 2 aromatic carbocycles. The summed E-state index contributed by atoms with van der Waals surface area (Å²) in [4.78, 5) is 12.5. The van der Waals surface area contributed by atoms with Crippen LogP contribution in [-0.4, -0.2) is 15.6 Å². The highest BCUT2D eigenvalue weighted by Gasteiger charge is 2.15. The number of ketones is 1. The normalized spacial score (nSPS) is 10.4. The molecule has 0 aliphatic heterocycles. The smallest absolute Gasteiger partial charge is 0.211 e. The molecule has 98 valence electrons. The molecular formula is C16H11ClN2O. The van der Waals surface area contributed by atoms with Gasteiger partial charge >= 0.3 is 0 Å². The van der Waals surface area contributed by atoms with E-state index in [0.717, 1.165) is 5.69 Å². The second-order valence-corrected chi connectivity index (χ2v) is 4.74. The van der Waals surface area contributed by atoms with Gasteiger partial charge in [0, 0.05) is 10.6 Å². The lowest BCUT2D eigenvalue weighted by Gasteiger charge is -2.06. The summed E-state index contributed by atoms with van der Waals surface area (Å²) < 4.78 is 1.63. The largest absolute Gasteiger partial charge is 0.287 e. The van der Waals surface area contributed by atoms with Gasteiger partial charge in [0.15, 0.2) is 0 Å². The Labute approximate surface area is 121 Å². The Morgan fingerprint density at radius 3 is 2.55 bits per heavy atom. The highest BCUT2D eigenvalue weighted by molar-refractivity contribution is 6.31. The average Bonchev–Trinajstić information content (AvgIpc) is 2.97. The van der Waals surface area contributed by atoms with Crippen LogP contribution in [0.2, 0.25) is 5.02 Å². The van der Waals surface area contributed by atoms with Crippen molar-refractivity contribution in [1.82, 2.24) is 9.78 Å². The Bertz CT molecular complexity index is 750. The number of benzene rings is 2. The minimum Gasteiger partial charge on any atom is -0.287 e. The van der Waals surface area contributed by atoms with Gasteiger partial charge in [-0.25, -0.2) is 4.68 Å². The molecule has 0 aliphatic rings. The minimum absolute atomic E-state index is 0.103. The first-order chi connectivity index (χ1) is 9.75. The lowest BCUT2D eigenvalue weighted by Crippen LogP contribution is -2.09. The third-order valence-electron chi connectivity index (χ3n) is 2.96. The van der Waals surface area contributed by atoms with E-state index in [-0.39, 0.29) is 5.78 Å². The molecule has 3 rings (SSSR count). The molecule has 0 N–H and O–H groups in total. The van der Waals surface area contributed by atoms with Crippen LogP contribution in [0, 0.1) is 0 Å². The van der Waals surface area contributed by atoms with Crippen molar-refractivity contribution in [1.29, 1.82) is 0 Å². The summed E-state index contributed by atoms with van der Waals surface area (Å²) in [5.74, 6) is -0.103. The topological polar surface area (TPSA) is 34.9 Å². The number of halogens is 1. The van der Waals surface area contributed by atoms with E-state index in [1.807, 2.05) is 30.3 Å². The summed E-state index contributed by atoms with van der Waals surface area (Å²) in [7, 11) is 0. The number of hydrogen-bond acceptors (Lipinski definition) is 2. The Balaban J connectivity index is 2.04.